The number of benzene rings is 3. The van der Waals surface area contributed by atoms with E-state index in [-0.39, 0.29) is 18.0 Å². The van der Waals surface area contributed by atoms with E-state index in [4.69, 9.17) is 0 Å². The summed E-state index contributed by atoms with van der Waals surface area (Å²) in [5.41, 5.74) is 3.97. The highest BCUT2D eigenvalue weighted by atomic mass is 16.2. The number of hydrogen-bond donors (Lipinski definition) is 4. The molecule has 6 nitrogen and oxygen atoms in total. The molecule has 35 heavy (non-hydrogen) atoms. The van der Waals surface area contributed by atoms with Crippen LogP contribution in [0.5, 0.6) is 0 Å². The van der Waals surface area contributed by atoms with Gasteiger partial charge in [-0.15, -0.1) is 0 Å². The molecule has 0 bridgehead atoms. The van der Waals surface area contributed by atoms with Gasteiger partial charge in [0.1, 0.15) is 0 Å². The summed E-state index contributed by atoms with van der Waals surface area (Å²) in [5.74, 6) is -0.180. The minimum Gasteiger partial charge on any atom is -0.351 e. The Balaban J connectivity index is 1.57. The summed E-state index contributed by atoms with van der Waals surface area (Å²) in [6.07, 6.45) is 4.85. The van der Waals surface area contributed by atoms with Crippen LogP contribution in [-0.2, 0) is 11.2 Å². The predicted octanol–water partition coefficient (Wildman–Crippen LogP) is 4.76. The summed E-state index contributed by atoms with van der Waals surface area (Å²) in [7, 11) is 0. The molecule has 3 aromatic rings. The lowest BCUT2D eigenvalue weighted by atomic mass is 10.1. The Morgan fingerprint density at radius 2 is 1.46 bits per heavy atom. The van der Waals surface area contributed by atoms with Crippen LogP contribution < -0.4 is 21.3 Å². The van der Waals surface area contributed by atoms with Crippen molar-refractivity contribution in [3.8, 4) is 11.1 Å². The molecule has 0 aromatic heterocycles. The molecule has 1 atom stereocenters. The molecule has 0 fully saturated rings. The van der Waals surface area contributed by atoms with Crippen LogP contribution in [0, 0.1) is 0 Å². The van der Waals surface area contributed by atoms with E-state index in [0.717, 1.165) is 36.2 Å². The molecule has 0 heterocycles. The Bertz CT molecular complexity index is 1070. The molecule has 0 spiro atoms. The minimum absolute atomic E-state index is 0.180. The average molecular weight is 471 g/mol. The van der Waals surface area contributed by atoms with Crippen LogP contribution >= 0.6 is 0 Å². The first-order chi connectivity index (χ1) is 17.1. The Hall–Kier alpha value is -3.90. The van der Waals surface area contributed by atoms with E-state index in [2.05, 4.69) is 28.2 Å². The van der Waals surface area contributed by atoms with E-state index in [1.165, 1.54) is 6.08 Å². The molecule has 182 valence electrons. The van der Waals surface area contributed by atoms with Gasteiger partial charge in [0.05, 0.1) is 6.04 Å². The quantitative estimate of drug-likeness (QED) is 0.228. The minimum atomic E-state index is -0.343. The second-order valence-electron chi connectivity index (χ2n) is 8.24. The summed E-state index contributed by atoms with van der Waals surface area (Å²) in [6.45, 7) is 4.31. The fourth-order valence-electron chi connectivity index (χ4n) is 3.59. The van der Waals surface area contributed by atoms with E-state index in [1.54, 1.807) is 6.08 Å². The summed E-state index contributed by atoms with van der Waals surface area (Å²) in [6, 6.07) is 27.0. The highest BCUT2D eigenvalue weighted by Crippen LogP contribution is 2.21. The third kappa shape index (κ3) is 9.47. The Kier molecular flexibility index (Phi) is 10.6. The van der Waals surface area contributed by atoms with Crippen LogP contribution in [0.1, 0.15) is 18.9 Å². The van der Waals surface area contributed by atoms with Gasteiger partial charge in [-0.3, -0.25) is 4.79 Å². The molecule has 3 amide bonds. The van der Waals surface area contributed by atoms with E-state index >= 15 is 0 Å². The predicted molar refractivity (Wildman–Crippen MR) is 143 cm³/mol. The van der Waals surface area contributed by atoms with Crippen LogP contribution in [0.3, 0.4) is 0 Å². The maximum Gasteiger partial charge on any atom is 0.319 e. The average Bonchev–Trinajstić information content (AvgIpc) is 2.89. The number of carbonyl (C=O) groups is 2. The molecule has 0 saturated carbocycles. The van der Waals surface area contributed by atoms with Gasteiger partial charge < -0.3 is 21.3 Å². The maximum atomic E-state index is 12.7. The number of amides is 3. The topological polar surface area (TPSA) is 82.3 Å². The summed E-state index contributed by atoms with van der Waals surface area (Å²) < 4.78 is 0. The van der Waals surface area contributed by atoms with Crippen molar-refractivity contribution in [1.82, 2.24) is 16.0 Å². The van der Waals surface area contributed by atoms with Crippen molar-refractivity contribution in [1.29, 1.82) is 0 Å². The van der Waals surface area contributed by atoms with Crippen LogP contribution in [0.25, 0.3) is 11.1 Å². The van der Waals surface area contributed by atoms with Crippen molar-refractivity contribution in [2.75, 3.05) is 25.0 Å². The highest BCUT2D eigenvalue weighted by Gasteiger charge is 2.11. The Labute approximate surface area is 207 Å². The van der Waals surface area contributed by atoms with Gasteiger partial charge in [-0.05, 0) is 48.2 Å². The van der Waals surface area contributed by atoms with Crippen molar-refractivity contribution in [3.63, 3.8) is 0 Å². The molecule has 3 aromatic carbocycles. The summed E-state index contributed by atoms with van der Waals surface area (Å²) in [4.78, 5) is 24.9. The first-order valence-electron chi connectivity index (χ1n) is 12.1. The monoisotopic (exact) mass is 470 g/mol. The third-order valence-corrected chi connectivity index (χ3v) is 5.37. The van der Waals surface area contributed by atoms with Gasteiger partial charge >= 0.3 is 6.03 Å². The number of rotatable bonds is 12. The van der Waals surface area contributed by atoms with Gasteiger partial charge in [0.25, 0.3) is 0 Å². The second kappa shape index (κ2) is 14.4. The molecular formula is C29H34N4O2. The summed E-state index contributed by atoms with van der Waals surface area (Å²) in [5, 5.41) is 12.0. The molecular weight excluding hydrogens is 436 g/mol. The zero-order valence-electron chi connectivity index (χ0n) is 20.2. The second-order valence-corrected chi connectivity index (χ2v) is 8.24. The molecule has 0 unspecified atom stereocenters. The van der Waals surface area contributed by atoms with Crippen LogP contribution in [-0.4, -0.2) is 37.6 Å². The normalized spacial score (nSPS) is 11.7. The standard InChI is InChI=1S/C29H34N4O2/c1-2-19-30-20-21-31-28(34)18-17-27(22-23-9-5-3-6-10-23)33-29(35)32-26-15-13-25(14-16-26)24-11-7-4-8-12-24/h3-18,27,30H,2,19-22H2,1H3,(H,31,34)(H2,32,33,35)/b18-17+/t27-/m1/s1. The van der Waals surface area contributed by atoms with Gasteiger partial charge in [0, 0.05) is 24.9 Å². The molecule has 0 aliphatic heterocycles. The first-order valence-corrected chi connectivity index (χ1v) is 12.1. The van der Waals surface area contributed by atoms with Crippen LogP contribution in [0.15, 0.2) is 97.1 Å². The highest BCUT2D eigenvalue weighted by molar-refractivity contribution is 5.90. The molecule has 0 aliphatic rings. The maximum absolute atomic E-state index is 12.7. The molecule has 3 rings (SSSR count). The number of carbonyl (C=O) groups excluding carboxylic acids is 2. The zero-order valence-corrected chi connectivity index (χ0v) is 20.2. The fraction of sp³-hybridized carbons (Fsp3) is 0.241. The lowest BCUT2D eigenvalue weighted by molar-refractivity contribution is -0.116. The Morgan fingerprint density at radius 1 is 0.800 bits per heavy atom. The largest absolute Gasteiger partial charge is 0.351 e. The van der Waals surface area contributed by atoms with Gasteiger partial charge in [-0.1, -0.05) is 85.8 Å². The van der Waals surface area contributed by atoms with Gasteiger partial charge in [0.2, 0.25) is 5.91 Å². The molecule has 0 saturated heterocycles. The van der Waals surface area contributed by atoms with Crippen molar-refractivity contribution in [3.05, 3.63) is 103 Å². The van der Waals surface area contributed by atoms with Crippen molar-refractivity contribution < 1.29 is 9.59 Å². The van der Waals surface area contributed by atoms with E-state index in [9.17, 15) is 9.59 Å². The summed E-state index contributed by atoms with van der Waals surface area (Å²) >= 11 is 0. The van der Waals surface area contributed by atoms with Crippen molar-refractivity contribution in [2.45, 2.75) is 25.8 Å². The Morgan fingerprint density at radius 3 is 2.14 bits per heavy atom. The smallest absolute Gasteiger partial charge is 0.319 e. The molecule has 0 radical (unpaired) electrons. The van der Waals surface area contributed by atoms with Crippen LogP contribution in [0.2, 0.25) is 0 Å². The van der Waals surface area contributed by atoms with Gasteiger partial charge in [-0.25, -0.2) is 4.79 Å². The van der Waals surface area contributed by atoms with Gasteiger partial charge in [-0.2, -0.15) is 0 Å². The molecule has 4 N–H and O–H groups in total. The number of nitrogens with one attached hydrogen (secondary N) is 4. The van der Waals surface area contributed by atoms with E-state index in [1.807, 2.05) is 84.9 Å². The van der Waals surface area contributed by atoms with Gasteiger partial charge in [0.15, 0.2) is 0 Å². The third-order valence-electron chi connectivity index (χ3n) is 5.37. The number of hydrogen-bond acceptors (Lipinski definition) is 3. The lowest BCUT2D eigenvalue weighted by Crippen LogP contribution is -2.38. The van der Waals surface area contributed by atoms with Crippen molar-refractivity contribution >= 4 is 17.6 Å². The SMILES string of the molecule is CCCNCCNC(=O)/C=C/[C@H](Cc1ccccc1)NC(=O)Nc1ccc(-c2ccccc2)cc1. The fourth-order valence-corrected chi connectivity index (χ4v) is 3.59. The van der Waals surface area contributed by atoms with E-state index < -0.39 is 0 Å². The molecule has 6 heteroatoms. The number of urea groups is 1. The van der Waals surface area contributed by atoms with Crippen LogP contribution in [0.4, 0.5) is 10.5 Å². The van der Waals surface area contributed by atoms with E-state index in [0.29, 0.717) is 18.7 Å². The number of anilines is 1. The lowest BCUT2D eigenvalue weighted by Gasteiger charge is -2.16. The zero-order chi connectivity index (χ0) is 24.7. The molecule has 0 aliphatic carbocycles. The van der Waals surface area contributed by atoms with Crippen molar-refractivity contribution in [2.24, 2.45) is 0 Å². The first kappa shape index (κ1) is 25.7.